The largest absolute Gasteiger partial charge is 0.384 e. The fourth-order valence-electron chi connectivity index (χ4n) is 2.43. The molecule has 0 aromatic carbocycles. The van der Waals surface area contributed by atoms with Crippen molar-refractivity contribution >= 4 is 17.5 Å². The molecule has 2 heterocycles. The molecule has 1 fully saturated rings. The van der Waals surface area contributed by atoms with Gasteiger partial charge in [-0.15, -0.1) is 0 Å². The first-order chi connectivity index (χ1) is 9.13. The summed E-state index contributed by atoms with van der Waals surface area (Å²) < 4.78 is 0. The van der Waals surface area contributed by atoms with Crippen LogP contribution in [0.1, 0.15) is 25.6 Å². The predicted molar refractivity (Wildman–Crippen MR) is 74.8 cm³/mol. The zero-order valence-corrected chi connectivity index (χ0v) is 11.5. The van der Waals surface area contributed by atoms with Crippen LogP contribution in [0, 0.1) is 5.92 Å². The van der Waals surface area contributed by atoms with Gasteiger partial charge in [-0.3, -0.25) is 4.79 Å². The Balaban J connectivity index is 2.17. The fourth-order valence-corrected chi connectivity index (χ4v) is 2.43. The van der Waals surface area contributed by atoms with E-state index >= 15 is 0 Å². The molecule has 1 aliphatic rings. The van der Waals surface area contributed by atoms with Gasteiger partial charge in [0, 0.05) is 32.6 Å². The van der Waals surface area contributed by atoms with Crippen LogP contribution in [0.3, 0.4) is 0 Å². The highest BCUT2D eigenvalue weighted by Crippen LogP contribution is 2.23. The second kappa shape index (κ2) is 5.86. The van der Waals surface area contributed by atoms with Gasteiger partial charge in [-0.1, -0.05) is 6.92 Å². The molecule has 1 aromatic rings. The topological polar surface area (TPSA) is 84.1 Å². The van der Waals surface area contributed by atoms with Crippen molar-refractivity contribution in [1.29, 1.82) is 0 Å². The van der Waals surface area contributed by atoms with Gasteiger partial charge in [0.15, 0.2) is 0 Å². The SMILES string of the molecule is CCc1nc(N)cc(N2CCCC(C(=O)NC)C2)n1. The Hall–Kier alpha value is -1.85. The number of rotatable bonds is 3. The highest BCUT2D eigenvalue weighted by atomic mass is 16.1. The van der Waals surface area contributed by atoms with Crippen LogP contribution in [0.4, 0.5) is 11.6 Å². The van der Waals surface area contributed by atoms with Crippen molar-refractivity contribution in [3.05, 3.63) is 11.9 Å². The highest BCUT2D eigenvalue weighted by molar-refractivity contribution is 5.79. The van der Waals surface area contributed by atoms with Crippen molar-refractivity contribution in [1.82, 2.24) is 15.3 Å². The molecular formula is C13H21N5O. The van der Waals surface area contributed by atoms with Gasteiger partial charge in [-0.2, -0.15) is 0 Å². The molecule has 104 valence electrons. The third-order valence-corrected chi connectivity index (χ3v) is 3.46. The van der Waals surface area contributed by atoms with Crippen LogP contribution in [-0.4, -0.2) is 36.0 Å². The number of piperidine rings is 1. The molecule has 2 rings (SSSR count). The number of hydrogen-bond donors (Lipinski definition) is 2. The Morgan fingerprint density at radius 3 is 3.05 bits per heavy atom. The number of nitrogens with two attached hydrogens (primary N) is 1. The van der Waals surface area contributed by atoms with Crippen LogP contribution >= 0.6 is 0 Å². The number of anilines is 2. The number of nitrogen functional groups attached to an aromatic ring is 1. The van der Waals surface area contributed by atoms with Gasteiger partial charge in [0.25, 0.3) is 0 Å². The molecule has 19 heavy (non-hydrogen) atoms. The Kier molecular flexibility index (Phi) is 4.19. The molecule has 0 radical (unpaired) electrons. The number of amides is 1. The van der Waals surface area contributed by atoms with Gasteiger partial charge in [-0.05, 0) is 12.8 Å². The van der Waals surface area contributed by atoms with Gasteiger partial charge in [-0.25, -0.2) is 9.97 Å². The minimum Gasteiger partial charge on any atom is -0.384 e. The molecule has 3 N–H and O–H groups in total. The van der Waals surface area contributed by atoms with Crippen LogP contribution in [-0.2, 0) is 11.2 Å². The van der Waals surface area contributed by atoms with E-state index in [9.17, 15) is 4.79 Å². The Labute approximate surface area is 113 Å². The third-order valence-electron chi connectivity index (χ3n) is 3.46. The summed E-state index contributed by atoms with van der Waals surface area (Å²) >= 11 is 0. The maximum atomic E-state index is 11.7. The molecular weight excluding hydrogens is 242 g/mol. The zero-order valence-electron chi connectivity index (χ0n) is 11.5. The third kappa shape index (κ3) is 3.13. The minimum atomic E-state index is 0.0278. The molecule has 6 heteroatoms. The Morgan fingerprint density at radius 1 is 1.58 bits per heavy atom. The Bertz CT molecular complexity index is 462. The van der Waals surface area contributed by atoms with Gasteiger partial charge in [0.05, 0.1) is 5.92 Å². The van der Waals surface area contributed by atoms with Crippen LogP contribution in [0.2, 0.25) is 0 Å². The summed E-state index contributed by atoms with van der Waals surface area (Å²) in [7, 11) is 1.68. The van der Waals surface area contributed by atoms with Gasteiger partial charge in [0.2, 0.25) is 5.91 Å². The van der Waals surface area contributed by atoms with Crippen molar-refractivity contribution in [2.45, 2.75) is 26.2 Å². The number of carbonyl (C=O) groups excluding carboxylic acids is 1. The molecule has 1 saturated heterocycles. The van der Waals surface area contributed by atoms with Crippen molar-refractivity contribution in [2.75, 3.05) is 30.8 Å². The molecule has 0 saturated carbocycles. The van der Waals surface area contributed by atoms with E-state index in [1.807, 2.05) is 6.92 Å². The lowest BCUT2D eigenvalue weighted by Gasteiger charge is -2.32. The normalized spacial score (nSPS) is 19.3. The first-order valence-electron chi connectivity index (χ1n) is 6.74. The average molecular weight is 263 g/mol. The summed E-state index contributed by atoms with van der Waals surface area (Å²) in [6.45, 7) is 3.61. The van der Waals surface area contributed by atoms with Crippen molar-refractivity contribution in [3.63, 3.8) is 0 Å². The summed E-state index contributed by atoms with van der Waals surface area (Å²) in [6.07, 6.45) is 2.67. The molecule has 0 aliphatic carbocycles. The van der Waals surface area contributed by atoms with E-state index in [0.717, 1.165) is 37.4 Å². The molecule has 0 spiro atoms. The monoisotopic (exact) mass is 263 g/mol. The Morgan fingerprint density at radius 2 is 2.37 bits per heavy atom. The second-order valence-corrected chi connectivity index (χ2v) is 4.82. The maximum Gasteiger partial charge on any atom is 0.224 e. The summed E-state index contributed by atoms with van der Waals surface area (Å²) in [5, 5.41) is 2.72. The smallest absolute Gasteiger partial charge is 0.224 e. The molecule has 1 aromatic heterocycles. The highest BCUT2D eigenvalue weighted by Gasteiger charge is 2.26. The summed E-state index contributed by atoms with van der Waals surface area (Å²) in [6, 6.07) is 1.78. The molecule has 1 aliphatic heterocycles. The lowest BCUT2D eigenvalue weighted by atomic mass is 9.97. The van der Waals surface area contributed by atoms with E-state index in [-0.39, 0.29) is 11.8 Å². The van der Waals surface area contributed by atoms with E-state index in [1.165, 1.54) is 0 Å². The first-order valence-corrected chi connectivity index (χ1v) is 6.74. The van der Waals surface area contributed by atoms with Gasteiger partial charge in [0.1, 0.15) is 17.5 Å². The number of aryl methyl sites for hydroxylation is 1. The standard InChI is InChI=1S/C13H21N5O/c1-3-11-16-10(14)7-12(17-11)18-6-4-5-9(8-18)13(19)15-2/h7,9H,3-6,8H2,1-2H3,(H,15,19)(H2,14,16,17). The van der Waals surface area contributed by atoms with E-state index in [2.05, 4.69) is 20.2 Å². The van der Waals surface area contributed by atoms with Crippen LogP contribution < -0.4 is 16.0 Å². The van der Waals surface area contributed by atoms with E-state index in [0.29, 0.717) is 12.4 Å². The fraction of sp³-hybridized carbons (Fsp3) is 0.615. The van der Waals surface area contributed by atoms with Crippen LogP contribution in [0.5, 0.6) is 0 Å². The van der Waals surface area contributed by atoms with Gasteiger partial charge >= 0.3 is 0 Å². The van der Waals surface area contributed by atoms with Gasteiger partial charge < -0.3 is 16.0 Å². The van der Waals surface area contributed by atoms with Crippen molar-refractivity contribution in [3.8, 4) is 0 Å². The molecule has 1 atom stereocenters. The number of nitrogens with zero attached hydrogens (tertiary/aromatic N) is 3. The number of nitrogens with one attached hydrogen (secondary N) is 1. The second-order valence-electron chi connectivity index (χ2n) is 4.82. The van der Waals surface area contributed by atoms with Crippen molar-refractivity contribution in [2.24, 2.45) is 5.92 Å². The first kappa shape index (κ1) is 13.6. The molecule has 1 unspecified atom stereocenters. The van der Waals surface area contributed by atoms with Crippen molar-refractivity contribution < 1.29 is 4.79 Å². The zero-order chi connectivity index (χ0) is 13.8. The maximum absolute atomic E-state index is 11.7. The van der Waals surface area contributed by atoms with E-state index in [4.69, 9.17) is 5.73 Å². The van der Waals surface area contributed by atoms with E-state index in [1.54, 1.807) is 13.1 Å². The minimum absolute atomic E-state index is 0.0278. The number of carbonyl (C=O) groups is 1. The lowest BCUT2D eigenvalue weighted by molar-refractivity contribution is -0.124. The number of aromatic nitrogens is 2. The quantitative estimate of drug-likeness (QED) is 0.833. The van der Waals surface area contributed by atoms with E-state index < -0.39 is 0 Å². The predicted octanol–water partition coefficient (Wildman–Crippen LogP) is 0.584. The molecule has 6 nitrogen and oxygen atoms in total. The van der Waals surface area contributed by atoms with Crippen LogP contribution in [0.15, 0.2) is 6.07 Å². The molecule has 1 amide bonds. The lowest BCUT2D eigenvalue weighted by Crippen LogP contribution is -2.42. The molecule has 0 bridgehead atoms. The summed E-state index contributed by atoms with van der Waals surface area (Å²) in [5.74, 6) is 2.20. The van der Waals surface area contributed by atoms with Crippen LogP contribution in [0.25, 0.3) is 0 Å². The summed E-state index contributed by atoms with van der Waals surface area (Å²) in [4.78, 5) is 22.5. The average Bonchev–Trinajstić information content (AvgIpc) is 2.45. The summed E-state index contributed by atoms with van der Waals surface area (Å²) in [5.41, 5.74) is 5.81. The number of hydrogen-bond acceptors (Lipinski definition) is 5.